The Kier molecular flexibility index (Phi) is 5.08. The molecule has 0 aliphatic heterocycles. The van der Waals surface area contributed by atoms with Gasteiger partial charge in [-0.05, 0) is 48.0 Å². The number of hydrogen-bond donors (Lipinski definition) is 3. The maximum Gasteiger partial charge on any atom is 0.159 e. The van der Waals surface area contributed by atoms with Crippen molar-refractivity contribution in [3.63, 3.8) is 0 Å². The highest BCUT2D eigenvalue weighted by atomic mass is 15.1. The highest BCUT2D eigenvalue weighted by Crippen LogP contribution is 2.33. The number of fused-ring (bicyclic) bond motifs is 2. The van der Waals surface area contributed by atoms with Crippen molar-refractivity contribution in [1.82, 2.24) is 35.5 Å². The van der Waals surface area contributed by atoms with Gasteiger partial charge in [0.05, 0.1) is 16.6 Å². The fourth-order valence-electron chi connectivity index (χ4n) is 4.28. The van der Waals surface area contributed by atoms with E-state index in [1.165, 1.54) is 0 Å². The molecule has 0 saturated carbocycles. The molecule has 0 bridgehead atoms. The van der Waals surface area contributed by atoms with E-state index < -0.39 is 0 Å². The minimum absolute atomic E-state index is 0.730. The number of para-hydroxylation sites is 1. The molecule has 34 heavy (non-hydrogen) atoms. The van der Waals surface area contributed by atoms with E-state index in [0.717, 1.165) is 74.4 Å². The zero-order chi connectivity index (χ0) is 22.9. The number of aromatic amines is 2. The molecule has 0 radical (unpaired) electrons. The minimum Gasteiger partial charge on any atom is -0.337 e. The quantitative estimate of drug-likeness (QED) is 0.322. The van der Waals surface area contributed by atoms with Gasteiger partial charge in [-0.2, -0.15) is 5.10 Å². The van der Waals surface area contributed by atoms with Gasteiger partial charge in [-0.1, -0.05) is 31.2 Å². The summed E-state index contributed by atoms with van der Waals surface area (Å²) in [6, 6.07) is 18.6. The van der Waals surface area contributed by atoms with Crippen LogP contribution in [0.2, 0.25) is 0 Å². The lowest BCUT2D eigenvalue weighted by Gasteiger charge is -2.06. The van der Waals surface area contributed by atoms with Crippen molar-refractivity contribution in [1.29, 1.82) is 0 Å². The Morgan fingerprint density at radius 2 is 1.79 bits per heavy atom. The smallest absolute Gasteiger partial charge is 0.159 e. The Hall–Kier alpha value is -4.36. The van der Waals surface area contributed by atoms with Crippen LogP contribution in [0, 0.1) is 0 Å². The van der Waals surface area contributed by atoms with Crippen LogP contribution >= 0.6 is 0 Å². The molecule has 6 aromatic rings. The molecule has 0 amide bonds. The van der Waals surface area contributed by atoms with Crippen molar-refractivity contribution in [3.05, 3.63) is 84.9 Å². The van der Waals surface area contributed by atoms with Crippen LogP contribution < -0.4 is 5.32 Å². The molecule has 0 spiro atoms. The number of nitrogens with zero attached hydrogens (tertiary/aromatic N) is 4. The summed E-state index contributed by atoms with van der Waals surface area (Å²) in [6.07, 6.45) is 7.44. The van der Waals surface area contributed by atoms with Gasteiger partial charge in [-0.3, -0.25) is 15.1 Å². The lowest BCUT2D eigenvalue weighted by atomic mass is 10.0. The summed E-state index contributed by atoms with van der Waals surface area (Å²) in [5, 5.41) is 12.1. The van der Waals surface area contributed by atoms with Crippen LogP contribution in [0.5, 0.6) is 0 Å². The highest BCUT2D eigenvalue weighted by molar-refractivity contribution is 5.98. The van der Waals surface area contributed by atoms with Gasteiger partial charge in [-0.25, -0.2) is 4.98 Å². The van der Waals surface area contributed by atoms with Crippen molar-refractivity contribution >= 4 is 21.9 Å². The summed E-state index contributed by atoms with van der Waals surface area (Å²) in [5.41, 5.74) is 9.02. The van der Waals surface area contributed by atoms with E-state index in [4.69, 9.17) is 4.98 Å². The van der Waals surface area contributed by atoms with Crippen LogP contribution in [-0.4, -0.2) is 36.7 Å². The van der Waals surface area contributed by atoms with Gasteiger partial charge in [-0.15, -0.1) is 0 Å². The van der Waals surface area contributed by atoms with Crippen LogP contribution in [0.1, 0.15) is 12.5 Å². The lowest BCUT2D eigenvalue weighted by molar-refractivity contribution is 0.724. The highest BCUT2D eigenvalue weighted by Gasteiger charge is 2.16. The SMILES string of the molecule is CCNCc1cncc(-c2ccc3[nH]nc(-c4nc5c(-c6cccnc6)cccc5[nH]4)c3c2)c1. The third-order valence-electron chi connectivity index (χ3n) is 5.98. The molecule has 7 heteroatoms. The third-order valence-corrected chi connectivity index (χ3v) is 5.98. The molecule has 0 aliphatic rings. The van der Waals surface area contributed by atoms with E-state index in [9.17, 15) is 0 Å². The van der Waals surface area contributed by atoms with Crippen LogP contribution in [-0.2, 0) is 6.54 Å². The zero-order valence-electron chi connectivity index (χ0n) is 18.7. The number of H-pyrrole nitrogens is 2. The van der Waals surface area contributed by atoms with Crippen LogP contribution in [0.3, 0.4) is 0 Å². The first-order chi connectivity index (χ1) is 16.8. The van der Waals surface area contributed by atoms with Crippen LogP contribution in [0.15, 0.2) is 79.4 Å². The number of pyridine rings is 2. The van der Waals surface area contributed by atoms with Gasteiger partial charge < -0.3 is 10.3 Å². The normalized spacial score (nSPS) is 11.4. The van der Waals surface area contributed by atoms with Gasteiger partial charge in [0.2, 0.25) is 0 Å². The number of nitrogens with one attached hydrogen (secondary N) is 3. The molecule has 4 aromatic heterocycles. The molecule has 3 N–H and O–H groups in total. The summed E-state index contributed by atoms with van der Waals surface area (Å²) >= 11 is 0. The standard InChI is InChI=1S/C27H23N7/c1-2-28-13-17-11-20(16-30-14-17)18-8-9-23-22(12-18)26(34-33-23)27-31-24-7-3-6-21(25(24)32-27)19-5-4-10-29-15-19/h3-12,14-16,28H,2,13H2,1H3,(H,31,32)(H,33,34). The number of imidazole rings is 1. The molecule has 0 saturated heterocycles. The second-order valence-electron chi connectivity index (χ2n) is 8.22. The van der Waals surface area contributed by atoms with Gasteiger partial charge >= 0.3 is 0 Å². The molecule has 166 valence electrons. The van der Waals surface area contributed by atoms with Gasteiger partial charge in [0.25, 0.3) is 0 Å². The fraction of sp³-hybridized carbons (Fsp3) is 0.111. The predicted molar refractivity (Wildman–Crippen MR) is 135 cm³/mol. The van der Waals surface area contributed by atoms with E-state index >= 15 is 0 Å². The number of aromatic nitrogens is 6. The second-order valence-corrected chi connectivity index (χ2v) is 8.22. The predicted octanol–water partition coefficient (Wildman–Crippen LogP) is 5.34. The topological polar surface area (TPSA) is 95.2 Å². The van der Waals surface area contributed by atoms with Crippen molar-refractivity contribution in [2.45, 2.75) is 13.5 Å². The van der Waals surface area contributed by atoms with Gasteiger partial charge in [0.15, 0.2) is 5.82 Å². The number of benzene rings is 2. The molecule has 7 nitrogen and oxygen atoms in total. The summed E-state index contributed by atoms with van der Waals surface area (Å²) in [4.78, 5) is 17.1. The van der Waals surface area contributed by atoms with Crippen molar-refractivity contribution < 1.29 is 0 Å². The molecular formula is C27H23N7. The molecule has 4 heterocycles. The van der Waals surface area contributed by atoms with E-state index in [1.54, 1.807) is 6.20 Å². The molecule has 0 aliphatic carbocycles. The van der Waals surface area contributed by atoms with Gasteiger partial charge in [0.1, 0.15) is 5.69 Å². The van der Waals surface area contributed by atoms with E-state index in [-0.39, 0.29) is 0 Å². The summed E-state index contributed by atoms with van der Waals surface area (Å²) in [7, 11) is 0. The first kappa shape index (κ1) is 20.3. The molecule has 0 fully saturated rings. The summed E-state index contributed by atoms with van der Waals surface area (Å²) in [6.45, 7) is 3.83. The summed E-state index contributed by atoms with van der Waals surface area (Å²) < 4.78 is 0. The van der Waals surface area contributed by atoms with Gasteiger partial charge in [0, 0.05) is 53.4 Å². The first-order valence-electron chi connectivity index (χ1n) is 11.3. The minimum atomic E-state index is 0.730. The maximum atomic E-state index is 4.95. The molecule has 0 unspecified atom stereocenters. The Morgan fingerprint density at radius 3 is 2.68 bits per heavy atom. The van der Waals surface area contributed by atoms with E-state index in [1.807, 2.05) is 42.9 Å². The fourth-order valence-corrected chi connectivity index (χ4v) is 4.28. The Bertz CT molecular complexity index is 1600. The Labute approximate surface area is 196 Å². The maximum absolute atomic E-state index is 4.95. The molecule has 2 aromatic carbocycles. The monoisotopic (exact) mass is 445 g/mol. The Balaban J connectivity index is 1.44. The van der Waals surface area contributed by atoms with Crippen molar-refractivity contribution in [2.75, 3.05) is 6.54 Å². The molecule has 6 rings (SSSR count). The first-order valence-corrected chi connectivity index (χ1v) is 11.3. The largest absolute Gasteiger partial charge is 0.337 e. The number of rotatable bonds is 6. The van der Waals surface area contributed by atoms with Crippen LogP contribution in [0.25, 0.3) is 55.7 Å². The zero-order valence-corrected chi connectivity index (χ0v) is 18.7. The second kappa shape index (κ2) is 8.53. The lowest BCUT2D eigenvalue weighted by Crippen LogP contribution is -2.11. The van der Waals surface area contributed by atoms with E-state index in [2.05, 4.69) is 67.7 Å². The molecule has 0 atom stereocenters. The Morgan fingerprint density at radius 1 is 0.853 bits per heavy atom. The third kappa shape index (κ3) is 3.62. The van der Waals surface area contributed by atoms with Crippen LogP contribution in [0.4, 0.5) is 0 Å². The van der Waals surface area contributed by atoms with E-state index in [0.29, 0.717) is 0 Å². The average molecular weight is 446 g/mol. The van der Waals surface area contributed by atoms with Crippen molar-refractivity contribution in [3.8, 4) is 33.8 Å². The average Bonchev–Trinajstić information content (AvgIpc) is 3.51. The summed E-state index contributed by atoms with van der Waals surface area (Å²) in [5.74, 6) is 0.730. The van der Waals surface area contributed by atoms with Crippen molar-refractivity contribution in [2.24, 2.45) is 0 Å². The molecular weight excluding hydrogens is 422 g/mol. The number of hydrogen-bond acceptors (Lipinski definition) is 5.